The zero-order valence-corrected chi connectivity index (χ0v) is 19.6. The molecule has 2 aromatic carbocycles. The Morgan fingerprint density at radius 1 is 1.24 bits per heavy atom. The molecule has 3 rings (SSSR count). The van der Waals surface area contributed by atoms with Crippen LogP contribution in [0.3, 0.4) is 0 Å². The maximum Gasteiger partial charge on any atom is 0.338 e. The number of nitrogens with zero attached hydrogens (tertiary/aromatic N) is 2. The molecular formula is C23H25N3O6S. The lowest BCUT2D eigenvalue weighted by Crippen LogP contribution is -2.30. The van der Waals surface area contributed by atoms with Crippen LogP contribution in [0.4, 0.5) is 5.69 Å². The van der Waals surface area contributed by atoms with Crippen molar-refractivity contribution < 1.29 is 23.9 Å². The number of methoxy groups -OCH3 is 1. The van der Waals surface area contributed by atoms with E-state index in [0.717, 1.165) is 5.56 Å². The molecule has 33 heavy (non-hydrogen) atoms. The summed E-state index contributed by atoms with van der Waals surface area (Å²) in [7, 11) is 1.45. The normalized spacial score (nSPS) is 15.4. The first-order valence-corrected chi connectivity index (χ1v) is 11.4. The molecule has 9 nitrogen and oxygen atoms in total. The number of amidine groups is 1. The average molecular weight is 472 g/mol. The monoisotopic (exact) mass is 471 g/mol. The number of ether oxygens (including phenoxy) is 3. The number of nitro benzene ring substituents is 1. The van der Waals surface area contributed by atoms with Gasteiger partial charge in [0.2, 0.25) is 0 Å². The van der Waals surface area contributed by atoms with Gasteiger partial charge in [-0.05, 0) is 31.7 Å². The molecule has 10 heteroatoms. The zero-order chi connectivity index (χ0) is 24.0. The van der Waals surface area contributed by atoms with E-state index in [4.69, 9.17) is 14.2 Å². The Kier molecular flexibility index (Phi) is 7.94. The van der Waals surface area contributed by atoms with Crippen molar-refractivity contribution in [2.24, 2.45) is 4.99 Å². The van der Waals surface area contributed by atoms with Crippen LogP contribution in [0.2, 0.25) is 0 Å². The van der Waals surface area contributed by atoms with Crippen LogP contribution < -0.4 is 14.8 Å². The summed E-state index contributed by atoms with van der Waals surface area (Å²) < 4.78 is 16.5. The molecule has 0 fully saturated rings. The van der Waals surface area contributed by atoms with Gasteiger partial charge in [-0.3, -0.25) is 10.1 Å². The molecule has 1 atom stereocenters. The molecule has 0 unspecified atom stereocenters. The van der Waals surface area contributed by atoms with Gasteiger partial charge in [-0.1, -0.05) is 42.1 Å². The third-order valence-electron chi connectivity index (χ3n) is 4.95. The minimum Gasteiger partial charge on any atom is -0.493 e. The van der Waals surface area contributed by atoms with Crippen LogP contribution in [0.1, 0.15) is 31.0 Å². The highest BCUT2D eigenvalue weighted by Crippen LogP contribution is 2.43. The molecule has 1 aliphatic heterocycles. The molecule has 0 bridgehead atoms. The fourth-order valence-electron chi connectivity index (χ4n) is 3.40. The molecule has 0 spiro atoms. The molecule has 0 aliphatic carbocycles. The number of allylic oxidation sites excluding steroid dienone is 1. The van der Waals surface area contributed by atoms with E-state index in [1.807, 2.05) is 36.6 Å². The summed E-state index contributed by atoms with van der Waals surface area (Å²) >= 11 is 1.33. The van der Waals surface area contributed by atoms with E-state index in [1.165, 1.54) is 31.0 Å². The first-order valence-electron chi connectivity index (χ1n) is 10.2. The van der Waals surface area contributed by atoms with Crippen LogP contribution in [-0.2, 0) is 16.1 Å². The number of benzene rings is 2. The van der Waals surface area contributed by atoms with Gasteiger partial charge in [0.1, 0.15) is 12.6 Å². The predicted octanol–water partition coefficient (Wildman–Crippen LogP) is 4.38. The average Bonchev–Trinajstić information content (AvgIpc) is 2.82. The van der Waals surface area contributed by atoms with Gasteiger partial charge in [-0.15, -0.1) is 0 Å². The molecule has 0 aromatic heterocycles. The Hall–Kier alpha value is -3.53. The second kappa shape index (κ2) is 10.9. The van der Waals surface area contributed by atoms with Crippen molar-refractivity contribution in [3.63, 3.8) is 0 Å². The second-order valence-corrected chi connectivity index (χ2v) is 7.81. The maximum absolute atomic E-state index is 12.7. The van der Waals surface area contributed by atoms with Crippen molar-refractivity contribution >= 4 is 28.6 Å². The van der Waals surface area contributed by atoms with Crippen LogP contribution in [0.25, 0.3) is 0 Å². The van der Waals surface area contributed by atoms with Gasteiger partial charge in [0, 0.05) is 5.70 Å². The lowest BCUT2D eigenvalue weighted by atomic mass is 9.94. The van der Waals surface area contributed by atoms with Gasteiger partial charge in [-0.2, -0.15) is 0 Å². The number of nitrogens with one attached hydrogen (secondary N) is 1. The highest BCUT2D eigenvalue weighted by Gasteiger charge is 2.35. The molecule has 1 N–H and O–H groups in total. The summed E-state index contributed by atoms with van der Waals surface area (Å²) in [4.78, 5) is 28.8. The number of esters is 1. The molecule has 1 heterocycles. The summed E-state index contributed by atoms with van der Waals surface area (Å²) in [6, 6.07) is 11.3. The summed E-state index contributed by atoms with van der Waals surface area (Å²) in [5.41, 5.74) is 1.61. The predicted molar refractivity (Wildman–Crippen MR) is 127 cm³/mol. The van der Waals surface area contributed by atoms with Crippen molar-refractivity contribution in [2.45, 2.75) is 26.5 Å². The van der Waals surface area contributed by atoms with Crippen molar-refractivity contribution in [1.29, 1.82) is 0 Å². The quantitative estimate of drug-likeness (QED) is 0.343. The summed E-state index contributed by atoms with van der Waals surface area (Å²) in [5.74, 6) is -0.0703. The number of carbonyl (C=O) groups is 1. The number of thioether (sulfide) groups is 1. The van der Waals surface area contributed by atoms with Gasteiger partial charge in [-0.25, -0.2) is 9.79 Å². The van der Waals surface area contributed by atoms with Crippen LogP contribution in [0.15, 0.2) is 58.7 Å². The Balaban J connectivity index is 2.09. The number of hydrogen-bond acceptors (Lipinski definition) is 9. The van der Waals surface area contributed by atoms with E-state index >= 15 is 0 Å². The standard InChI is InChI=1S/C23H25N3O6S/c1-5-31-22(27)20-14(2)24-23(33-4)25-21(20)16-11-18(30-3)19(12-17(16)26(28)29)32-13-15-9-7-6-8-10-15/h6-12,21H,5,13H2,1-4H3,(H,24,25)/t21-/m0/s1. The van der Waals surface area contributed by atoms with Gasteiger partial charge in [0.05, 0.1) is 35.8 Å². The third kappa shape index (κ3) is 5.46. The van der Waals surface area contributed by atoms with E-state index < -0.39 is 16.9 Å². The zero-order valence-electron chi connectivity index (χ0n) is 18.8. The highest BCUT2D eigenvalue weighted by molar-refractivity contribution is 8.13. The Bertz CT molecular complexity index is 1100. The van der Waals surface area contributed by atoms with E-state index in [9.17, 15) is 14.9 Å². The smallest absolute Gasteiger partial charge is 0.338 e. The van der Waals surface area contributed by atoms with Crippen molar-refractivity contribution in [2.75, 3.05) is 20.0 Å². The topological polar surface area (TPSA) is 112 Å². The Labute approximate surface area is 196 Å². The van der Waals surface area contributed by atoms with Crippen LogP contribution in [0.5, 0.6) is 11.5 Å². The first-order chi connectivity index (χ1) is 15.9. The largest absolute Gasteiger partial charge is 0.493 e. The van der Waals surface area contributed by atoms with E-state index in [1.54, 1.807) is 13.8 Å². The number of rotatable bonds is 8. The van der Waals surface area contributed by atoms with E-state index in [-0.39, 0.29) is 35.8 Å². The van der Waals surface area contributed by atoms with Gasteiger partial charge in [0.15, 0.2) is 16.7 Å². The van der Waals surface area contributed by atoms with Gasteiger partial charge < -0.3 is 19.5 Å². The number of nitro groups is 1. The molecule has 174 valence electrons. The molecule has 1 aliphatic rings. The van der Waals surface area contributed by atoms with Gasteiger partial charge >= 0.3 is 5.97 Å². The number of hydrogen-bond donors (Lipinski definition) is 1. The lowest BCUT2D eigenvalue weighted by Gasteiger charge is -2.25. The summed E-state index contributed by atoms with van der Waals surface area (Å²) in [5, 5.41) is 15.6. The minimum absolute atomic E-state index is 0.166. The van der Waals surface area contributed by atoms with Crippen molar-refractivity contribution in [1.82, 2.24) is 5.32 Å². The van der Waals surface area contributed by atoms with E-state index in [2.05, 4.69) is 10.3 Å². The van der Waals surface area contributed by atoms with Crippen molar-refractivity contribution in [3.8, 4) is 11.5 Å². The lowest BCUT2D eigenvalue weighted by molar-refractivity contribution is -0.385. The first kappa shape index (κ1) is 24.1. The van der Waals surface area contributed by atoms with Crippen LogP contribution in [0, 0.1) is 10.1 Å². The number of carbonyl (C=O) groups excluding carboxylic acids is 1. The van der Waals surface area contributed by atoms with Crippen molar-refractivity contribution in [3.05, 3.63) is 75.0 Å². The molecule has 0 saturated heterocycles. The maximum atomic E-state index is 12.7. The second-order valence-electron chi connectivity index (χ2n) is 7.02. The molecule has 0 amide bonds. The molecule has 0 radical (unpaired) electrons. The van der Waals surface area contributed by atoms with Gasteiger partial charge in [0.25, 0.3) is 5.69 Å². The third-order valence-corrected chi connectivity index (χ3v) is 5.54. The molecule has 2 aromatic rings. The fourth-order valence-corrected chi connectivity index (χ4v) is 3.86. The van der Waals surface area contributed by atoms with E-state index in [0.29, 0.717) is 16.6 Å². The SMILES string of the molecule is CCOC(=O)C1=C(C)NC(SC)=N[C@H]1c1cc(OC)c(OCc2ccccc2)cc1[N+](=O)[O-]. The fraction of sp³-hybridized carbons (Fsp3) is 0.304. The minimum atomic E-state index is -0.940. The highest BCUT2D eigenvalue weighted by atomic mass is 32.2. The summed E-state index contributed by atoms with van der Waals surface area (Å²) in [6.45, 7) is 3.78. The Morgan fingerprint density at radius 3 is 2.58 bits per heavy atom. The van der Waals surface area contributed by atoms with Crippen LogP contribution >= 0.6 is 11.8 Å². The molecule has 0 saturated carbocycles. The summed E-state index contributed by atoms with van der Waals surface area (Å²) in [6.07, 6.45) is 1.82. The number of aliphatic imine (C=N–C) groups is 1. The van der Waals surface area contributed by atoms with Crippen LogP contribution in [-0.4, -0.2) is 36.0 Å². The molecular weight excluding hydrogens is 446 g/mol. The Morgan fingerprint density at radius 2 is 1.97 bits per heavy atom.